The Balaban J connectivity index is 1.69. The van der Waals surface area contributed by atoms with Gasteiger partial charge in [0, 0.05) is 24.4 Å². The molecule has 2 aliphatic heterocycles. The molecule has 0 aromatic carbocycles. The van der Waals surface area contributed by atoms with Crippen molar-refractivity contribution in [1.82, 2.24) is 9.78 Å². The third kappa shape index (κ3) is 3.30. The number of thioether (sulfide) groups is 1. The monoisotopic (exact) mass is 310 g/mol. The van der Waals surface area contributed by atoms with Crippen LogP contribution in [0, 0.1) is 5.92 Å². The average molecular weight is 310 g/mol. The standard InChI is InChI=1S/C16H26N2O2S/c1-12(2)18-11-14(10-17-18)15(19)13-3-6-20-16(9-13)4-7-21-8-5-16/h10-13,15,19H,3-9H2,1-2H3. The Kier molecular flexibility index (Phi) is 4.62. The van der Waals surface area contributed by atoms with Gasteiger partial charge in [-0.25, -0.2) is 0 Å². The van der Waals surface area contributed by atoms with Gasteiger partial charge in [0.2, 0.25) is 0 Å². The van der Waals surface area contributed by atoms with Gasteiger partial charge in [-0.3, -0.25) is 4.68 Å². The minimum atomic E-state index is -0.409. The molecule has 1 aromatic heterocycles. The van der Waals surface area contributed by atoms with E-state index in [4.69, 9.17) is 4.74 Å². The molecule has 4 nitrogen and oxygen atoms in total. The molecule has 2 aliphatic rings. The number of ether oxygens (including phenoxy) is 1. The van der Waals surface area contributed by atoms with Gasteiger partial charge in [0.1, 0.15) is 0 Å². The van der Waals surface area contributed by atoms with Gasteiger partial charge in [0.15, 0.2) is 0 Å². The number of aliphatic hydroxyl groups is 1. The predicted molar refractivity (Wildman–Crippen MR) is 85.5 cm³/mol. The van der Waals surface area contributed by atoms with E-state index in [1.807, 2.05) is 28.8 Å². The lowest BCUT2D eigenvalue weighted by atomic mass is 9.78. The maximum absolute atomic E-state index is 10.7. The van der Waals surface area contributed by atoms with Crippen LogP contribution >= 0.6 is 11.8 Å². The molecule has 0 aliphatic carbocycles. The van der Waals surface area contributed by atoms with E-state index in [0.717, 1.165) is 37.9 Å². The van der Waals surface area contributed by atoms with Crippen LogP contribution in [0.2, 0.25) is 0 Å². The molecule has 1 spiro atoms. The highest BCUT2D eigenvalue weighted by Crippen LogP contribution is 2.43. The van der Waals surface area contributed by atoms with E-state index in [2.05, 4.69) is 18.9 Å². The Morgan fingerprint density at radius 3 is 2.86 bits per heavy atom. The van der Waals surface area contributed by atoms with Crippen molar-refractivity contribution in [3.8, 4) is 0 Å². The van der Waals surface area contributed by atoms with E-state index >= 15 is 0 Å². The van der Waals surface area contributed by atoms with Crippen LogP contribution in [-0.2, 0) is 4.74 Å². The van der Waals surface area contributed by atoms with Gasteiger partial charge in [0.05, 0.1) is 17.9 Å². The third-order valence-electron chi connectivity index (χ3n) is 4.87. The Morgan fingerprint density at radius 1 is 1.43 bits per heavy atom. The molecule has 0 radical (unpaired) electrons. The smallest absolute Gasteiger partial charge is 0.0850 e. The first-order chi connectivity index (χ1) is 10.1. The summed E-state index contributed by atoms with van der Waals surface area (Å²) in [5.74, 6) is 2.68. The van der Waals surface area contributed by atoms with Crippen molar-refractivity contribution in [1.29, 1.82) is 0 Å². The Bertz CT molecular complexity index is 463. The summed E-state index contributed by atoms with van der Waals surface area (Å²) in [5.41, 5.74) is 0.986. The van der Waals surface area contributed by atoms with Gasteiger partial charge in [-0.05, 0) is 57.0 Å². The third-order valence-corrected chi connectivity index (χ3v) is 5.86. The summed E-state index contributed by atoms with van der Waals surface area (Å²) in [6.45, 7) is 4.99. The Labute approximate surface area is 131 Å². The van der Waals surface area contributed by atoms with Crippen LogP contribution in [0.3, 0.4) is 0 Å². The maximum Gasteiger partial charge on any atom is 0.0850 e. The van der Waals surface area contributed by atoms with Crippen LogP contribution < -0.4 is 0 Å². The maximum atomic E-state index is 10.7. The molecule has 3 rings (SSSR count). The molecule has 21 heavy (non-hydrogen) atoms. The summed E-state index contributed by atoms with van der Waals surface area (Å²) in [4.78, 5) is 0. The van der Waals surface area contributed by atoms with Gasteiger partial charge >= 0.3 is 0 Å². The number of hydrogen-bond acceptors (Lipinski definition) is 4. The van der Waals surface area contributed by atoms with Gasteiger partial charge < -0.3 is 9.84 Å². The van der Waals surface area contributed by atoms with Gasteiger partial charge in [-0.15, -0.1) is 0 Å². The molecule has 118 valence electrons. The first-order valence-electron chi connectivity index (χ1n) is 8.03. The molecule has 2 saturated heterocycles. The predicted octanol–water partition coefficient (Wildman–Crippen LogP) is 3.19. The van der Waals surface area contributed by atoms with Crippen molar-refractivity contribution in [3.63, 3.8) is 0 Å². The van der Waals surface area contributed by atoms with E-state index < -0.39 is 6.10 Å². The molecule has 2 atom stereocenters. The number of hydrogen-bond donors (Lipinski definition) is 1. The molecular formula is C16H26N2O2S. The van der Waals surface area contributed by atoms with Crippen LogP contribution in [-0.4, -0.2) is 38.6 Å². The van der Waals surface area contributed by atoms with Gasteiger partial charge in [-0.2, -0.15) is 16.9 Å². The van der Waals surface area contributed by atoms with Crippen LogP contribution in [0.25, 0.3) is 0 Å². The molecule has 0 saturated carbocycles. The molecular weight excluding hydrogens is 284 g/mol. The molecule has 5 heteroatoms. The first kappa shape index (κ1) is 15.4. The summed E-state index contributed by atoms with van der Waals surface area (Å²) in [6.07, 6.45) is 7.60. The number of aromatic nitrogens is 2. The average Bonchev–Trinajstić information content (AvgIpc) is 2.97. The number of rotatable bonds is 3. The van der Waals surface area contributed by atoms with Crippen molar-refractivity contribution < 1.29 is 9.84 Å². The van der Waals surface area contributed by atoms with Crippen LogP contribution in [0.15, 0.2) is 12.4 Å². The molecule has 1 aromatic rings. The summed E-state index contributed by atoms with van der Waals surface area (Å²) in [6, 6.07) is 0.336. The van der Waals surface area contributed by atoms with Gasteiger partial charge in [0.25, 0.3) is 0 Å². The highest BCUT2D eigenvalue weighted by molar-refractivity contribution is 7.99. The van der Waals surface area contributed by atoms with E-state index in [-0.39, 0.29) is 5.60 Å². The summed E-state index contributed by atoms with van der Waals surface area (Å²) in [7, 11) is 0. The normalized spacial score (nSPS) is 27.1. The van der Waals surface area contributed by atoms with Gasteiger partial charge in [-0.1, -0.05) is 0 Å². The lowest BCUT2D eigenvalue weighted by Crippen LogP contribution is -2.44. The zero-order valence-corrected chi connectivity index (χ0v) is 13.8. The molecule has 2 unspecified atom stereocenters. The molecule has 2 fully saturated rings. The van der Waals surface area contributed by atoms with Crippen molar-refractivity contribution >= 4 is 11.8 Å². The Hall–Kier alpha value is -0.520. The fourth-order valence-corrected chi connectivity index (χ4v) is 4.72. The lowest BCUT2D eigenvalue weighted by molar-refractivity contribution is -0.121. The SMILES string of the molecule is CC(C)n1cc(C(O)C2CCOC3(CCSCC3)C2)cn1. The minimum absolute atomic E-state index is 0.0309. The van der Waals surface area contributed by atoms with Crippen LogP contribution in [0.4, 0.5) is 0 Å². The van der Waals surface area contributed by atoms with E-state index in [9.17, 15) is 5.11 Å². The van der Waals surface area contributed by atoms with Crippen molar-refractivity contribution in [3.05, 3.63) is 18.0 Å². The van der Waals surface area contributed by atoms with Crippen molar-refractivity contribution in [2.75, 3.05) is 18.1 Å². The molecule has 0 amide bonds. The zero-order chi connectivity index (χ0) is 14.9. The zero-order valence-electron chi connectivity index (χ0n) is 13.0. The summed E-state index contributed by atoms with van der Waals surface area (Å²) in [5, 5.41) is 15.1. The lowest BCUT2D eigenvalue weighted by Gasteiger charge is -2.44. The minimum Gasteiger partial charge on any atom is -0.388 e. The molecule has 0 bridgehead atoms. The van der Waals surface area contributed by atoms with E-state index in [1.165, 1.54) is 11.5 Å². The van der Waals surface area contributed by atoms with E-state index in [1.54, 1.807) is 0 Å². The second kappa shape index (κ2) is 6.31. The highest BCUT2D eigenvalue weighted by atomic mass is 32.2. The largest absolute Gasteiger partial charge is 0.388 e. The Morgan fingerprint density at radius 2 is 2.19 bits per heavy atom. The second-order valence-electron chi connectivity index (χ2n) is 6.69. The first-order valence-corrected chi connectivity index (χ1v) is 9.19. The van der Waals surface area contributed by atoms with Crippen molar-refractivity contribution in [2.45, 2.75) is 57.3 Å². The van der Waals surface area contributed by atoms with Crippen LogP contribution in [0.5, 0.6) is 0 Å². The highest BCUT2D eigenvalue weighted by Gasteiger charge is 2.41. The van der Waals surface area contributed by atoms with Crippen molar-refractivity contribution in [2.24, 2.45) is 5.92 Å². The summed E-state index contributed by atoms with van der Waals surface area (Å²) < 4.78 is 8.04. The number of aliphatic hydroxyl groups excluding tert-OH is 1. The fourth-order valence-electron chi connectivity index (χ4n) is 3.49. The second-order valence-corrected chi connectivity index (χ2v) is 7.91. The number of nitrogens with zero attached hydrogens (tertiary/aromatic N) is 2. The van der Waals surface area contributed by atoms with E-state index in [0.29, 0.717) is 12.0 Å². The molecule has 1 N–H and O–H groups in total. The molecule has 3 heterocycles. The summed E-state index contributed by atoms with van der Waals surface area (Å²) >= 11 is 2.02. The topological polar surface area (TPSA) is 47.3 Å². The van der Waals surface area contributed by atoms with Crippen LogP contribution in [0.1, 0.15) is 57.2 Å². The quantitative estimate of drug-likeness (QED) is 0.931. The fraction of sp³-hybridized carbons (Fsp3) is 0.812.